The monoisotopic (exact) mass is 254 g/mol. The molecule has 0 saturated carbocycles. The van der Waals surface area contributed by atoms with Gasteiger partial charge in [-0.2, -0.15) is 4.98 Å². The van der Waals surface area contributed by atoms with Crippen molar-refractivity contribution in [2.75, 3.05) is 29.9 Å². The van der Waals surface area contributed by atoms with Crippen LogP contribution in [0.4, 0.5) is 16.2 Å². The van der Waals surface area contributed by atoms with E-state index in [2.05, 4.69) is 36.1 Å². The summed E-state index contributed by atoms with van der Waals surface area (Å²) in [6.07, 6.45) is 4.19. The molecule has 0 spiro atoms. The molecule has 0 radical (unpaired) electrons. The second-order valence-corrected chi connectivity index (χ2v) is 4.28. The van der Waals surface area contributed by atoms with Crippen LogP contribution in [0.25, 0.3) is 0 Å². The number of halogens is 1. The summed E-state index contributed by atoms with van der Waals surface area (Å²) in [6.45, 7) is 8.66. The molecule has 0 fully saturated rings. The molecular weight excluding hydrogens is 231 g/mol. The van der Waals surface area contributed by atoms with Crippen molar-refractivity contribution in [3.8, 4) is 0 Å². The molecule has 0 bridgehead atoms. The van der Waals surface area contributed by atoms with E-state index in [9.17, 15) is 4.39 Å². The van der Waals surface area contributed by atoms with Crippen LogP contribution < -0.4 is 10.2 Å². The molecule has 0 amide bonds. The van der Waals surface area contributed by atoms with Crippen LogP contribution in [-0.4, -0.2) is 29.6 Å². The predicted octanol–water partition coefficient (Wildman–Crippen LogP) is 3.06. The van der Waals surface area contributed by atoms with Gasteiger partial charge in [-0.1, -0.05) is 20.8 Å². The number of nitrogens with one attached hydrogen (secondary N) is 1. The van der Waals surface area contributed by atoms with E-state index in [1.165, 1.54) is 6.20 Å². The van der Waals surface area contributed by atoms with Crippen molar-refractivity contribution in [1.29, 1.82) is 0 Å². The van der Waals surface area contributed by atoms with Crippen LogP contribution in [0.3, 0.4) is 0 Å². The Balaban J connectivity index is 2.88. The van der Waals surface area contributed by atoms with Gasteiger partial charge in [0.05, 0.1) is 6.20 Å². The predicted molar refractivity (Wildman–Crippen MR) is 73.6 cm³/mol. The molecule has 18 heavy (non-hydrogen) atoms. The normalized spacial score (nSPS) is 10.4. The Morgan fingerprint density at radius 3 is 2.39 bits per heavy atom. The smallest absolute Gasteiger partial charge is 0.224 e. The minimum absolute atomic E-state index is 0.348. The number of aromatic nitrogens is 2. The maximum Gasteiger partial charge on any atom is 0.224 e. The van der Waals surface area contributed by atoms with Crippen LogP contribution in [-0.2, 0) is 0 Å². The van der Waals surface area contributed by atoms with E-state index in [-0.39, 0.29) is 5.82 Å². The number of nitrogens with zero attached hydrogens (tertiary/aromatic N) is 3. The highest BCUT2D eigenvalue weighted by Gasteiger charge is 2.13. The summed E-state index contributed by atoms with van der Waals surface area (Å²) in [4.78, 5) is 10.2. The summed E-state index contributed by atoms with van der Waals surface area (Å²) >= 11 is 0. The molecule has 1 heterocycles. The molecule has 0 aliphatic carbocycles. The molecule has 0 saturated heterocycles. The molecule has 0 unspecified atom stereocenters. The lowest BCUT2D eigenvalue weighted by molar-refractivity contribution is 0.597. The van der Waals surface area contributed by atoms with Gasteiger partial charge in [-0.05, 0) is 19.3 Å². The van der Waals surface area contributed by atoms with Crippen molar-refractivity contribution in [3.63, 3.8) is 0 Å². The minimum atomic E-state index is -0.348. The Bertz CT molecular complexity index is 351. The van der Waals surface area contributed by atoms with Crippen LogP contribution in [0.5, 0.6) is 0 Å². The second kappa shape index (κ2) is 7.84. The molecule has 102 valence electrons. The molecule has 0 aromatic carbocycles. The summed E-state index contributed by atoms with van der Waals surface area (Å²) < 4.78 is 13.8. The van der Waals surface area contributed by atoms with Crippen LogP contribution in [0, 0.1) is 5.82 Å². The van der Waals surface area contributed by atoms with Gasteiger partial charge >= 0.3 is 0 Å². The van der Waals surface area contributed by atoms with Gasteiger partial charge < -0.3 is 10.2 Å². The fourth-order valence-corrected chi connectivity index (χ4v) is 1.77. The second-order valence-electron chi connectivity index (χ2n) is 4.28. The minimum Gasteiger partial charge on any atom is -0.354 e. The van der Waals surface area contributed by atoms with E-state index in [0.29, 0.717) is 11.8 Å². The van der Waals surface area contributed by atoms with Gasteiger partial charge in [-0.25, -0.2) is 9.37 Å². The first-order valence-electron chi connectivity index (χ1n) is 6.74. The van der Waals surface area contributed by atoms with Crippen molar-refractivity contribution in [2.45, 2.75) is 40.0 Å². The summed E-state index contributed by atoms with van der Waals surface area (Å²) in [5.41, 5.74) is 0. The van der Waals surface area contributed by atoms with E-state index in [1.807, 2.05) is 4.90 Å². The highest BCUT2D eigenvalue weighted by atomic mass is 19.1. The highest BCUT2D eigenvalue weighted by Crippen LogP contribution is 2.18. The van der Waals surface area contributed by atoms with Crippen molar-refractivity contribution < 1.29 is 4.39 Å². The number of hydrogen-bond acceptors (Lipinski definition) is 4. The van der Waals surface area contributed by atoms with Gasteiger partial charge in [0.15, 0.2) is 11.6 Å². The Morgan fingerprint density at radius 1 is 1.17 bits per heavy atom. The molecule has 5 heteroatoms. The summed E-state index contributed by atoms with van der Waals surface area (Å²) in [7, 11) is 0. The number of hydrogen-bond donors (Lipinski definition) is 1. The van der Waals surface area contributed by atoms with Crippen molar-refractivity contribution in [2.24, 2.45) is 0 Å². The van der Waals surface area contributed by atoms with E-state index < -0.39 is 0 Å². The molecular formula is C13H23FN4. The van der Waals surface area contributed by atoms with Gasteiger partial charge in [-0.15, -0.1) is 0 Å². The van der Waals surface area contributed by atoms with Crippen LogP contribution in [0.2, 0.25) is 0 Å². The lowest BCUT2D eigenvalue weighted by Gasteiger charge is -2.23. The first-order valence-corrected chi connectivity index (χ1v) is 6.74. The zero-order chi connectivity index (χ0) is 13.4. The quantitative estimate of drug-likeness (QED) is 0.774. The van der Waals surface area contributed by atoms with Gasteiger partial charge in [0.2, 0.25) is 5.95 Å². The van der Waals surface area contributed by atoms with Gasteiger partial charge in [0, 0.05) is 19.6 Å². The maximum atomic E-state index is 13.8. The fraction of sp³-hybridized carbons (Fsp3) is 0.692. The van der Waals surface area contributed by atoms with Crippen molar-refractivity contribution in [3.05, 3.63) is 12.0 Å². The van der Waals surface area contributed by atoms with E-state index >= 15 is 0 Å². The van der Waals surface area contributed by atoms with Crippen LogP contribution in [0.1, 0.15) is 40.0 Å². The molecule has 0 aliphatic rings. The van der Waals surface area contributed by atoms with E-state index in [4.69, 9.17) is 0 Å². The standard InChI is InChI=1S/C13H23FN4/c1-4-7-15-13-16-10-11(14)12(17-13)18(8-5-2)9-6-3/h10H,4-9H2,1-3H3,(H,15,16,17). The Kier molecular flexibility index (Phi) is 6.39. The molecule has 4 nitrogen and oxygen atoms in total. The first-order chi connectivity index (χ1) is 8.72. The maximum absolute atomic E-state index is 13.8. The first kappa shape index (κ1) is 14.7. The van der Waals surface area contributed by atoms with Crippen molar-refractivity contribution in [1.82, 2.24) is 9.97 Å². The topological polar surface area (TPSA) is 41.1 Å². The average Bonchev–Trinajstić information content (AvgIpc) is 2.37. The molecule has 1 aromatic rings. The molecule has 1 aromatic heterocycles. The largest absolute Gasteiger partial charge is 0.354 e. The van der Waals surface area contributed by atoms with Gasteiger partial charge in [-0.3, -0.25) is 0 Å². The molecule has 0 aliphatic heterocycles. The Hall–Kier alpha value is -1.39. The number of anilines is 2. The highest BCUT2D eigenvalue weighted by molar-refractivity contribution is 5.43. The molecule has 1 rings (SSSR count). The average molecular weight is 254 g/mol. The Morgan fingerprint density at radius 2 is 1.83 bits per heavy atom. The number of rotatable bonds is 8. The molecule has 1 N–H and O–H groups in total. The van der Waals surface area contributed by atoms with Crippen LogP contribution >= 0.6 is 0 Å². The lowest BCUT2D eigenvalue weighted by Crippen LogP contribution is -2.27. The van der Waals surface area contributed by atoms with E-state index in [0.717, 1.165) is 38.9 Å². The van der Waals surface area contributed by atoms with Crippen molar-refractivity contribution >= 4 is 11.8 Å². The zero-order valence-electron chi connectivity index (χ0n) is 11.5. The fourth-order valence-electron chi connectivity index (χ4n) is 1.77. The molecule has 0 atom stereocenters. The third-order valence-corrected chi connectivity index (χ3v) is 2.55. The summed E-state index contributed by atoms with van der Waals surface area (Å²) in [5.74, 6) is 0.566. The SMILES string of the molecule is CCCNc1ncc(F)c(N(CCC)CCC)n1. The van der Waals surface area contributed by atoms with E-state index in [1.54, 1.807) is 0 Å². The zero-order valence-corrected chi connectivity index (χ0v) is 11.5. The summed E-state index contributed by atoms with van der Waals surface area (Å²) in [5, 5.41) is 3.09. The third kappa shape index (κ3) is 4.13. The Labute approximate surface area is 109 Å². The van der Waals surface area contributed by atoms with Crippen LogP contribution in [0.15, 0.2) is 6.20 Å². The lowest BCUT2D eigenvalue weighted by atomic mass is 10.3. The van der Waals surface area contributed by atoms with Gasteiger partial charge in [0.1, 0.15) is 0 Å². The van der Waals surface area contributed by atoms with Gasteiger partial charge in [0.25, 0.3) is 0 Å². The third-order valence-electron chi connectivity index (χ3n) is 2.55. The summed E-state index contributed by atoms with van der Waals surface area (Å²) in [6, 6.07) is 0.